The number of hydrogen-bond donors (Lipinski definition) is 3. The molecule has 0 bridgehead atoms. The fourth-order valence-electron chi connectivity index (χ4n) is 2.93. The summed E-state index contributed by atoms with van der Waals surface area (Å²) in [5.41, 5.74) is -0.957. The first-order valence-electron chi connectivity index (χ1n) is 9.37. The maximum absolute atomic E-state index is 12.0. The first kappa shape index (κ1) is 21.1. The Labute approximate surface area is 160 Å². The van der Waals surface area contributed by atoms with E-state index >= 15 is 0 Å². The Morgan fingerprint density at radius 1 is 1.15 bits per heavy atom. The fraction of sp³-hybridized carbons (Fsp3) is 0.409. The number of benzene rings is 1. The number of aliphatic hydroxyl groups excluding tert-OH is 2. The third kappa shape index (κ3) is 6.79. The second-order valence-corrected chi connectivity index (χ2v) is 6.64. The van der Waals surface area contributed by atoms with E-state index in [1.54, 1.807) is 18.2 Å². The summed E-state index contributed by atoms with van der Waals surface area (Å²) in [5, 5.41) is 29.3. The van der Waals surface area contributed by atoms with Crippen LogP contribution in [0.2, 0.25) is 0 Å². The number of ketones is 1. The lowest BCUT2D eigenvalue weighted by Gasteiger charge is -2.22. The van der Waals surface area contributed by atoms with Crippen molar-refractivity contribution in [1.82, 2.24) is 0 Å². The minimum atomic E-state index is -1.27. The van der Waals surface area contributed by atoms with E-state index in [4.69, 9.17) is 9.84 Å². The van der Waals surface area contributed by atoms with Crippen LogP contribution < -0.4 is 4.74 Å². The second-order valence-electron chi connectivity index (χ2n) is 6.64. The predicted octanol–water partition coefficient (Wildman–Crippen LogP) is 2.72. The lowest BCUT2D eigenvalue weighted by molar-refractivity contribution is -0.112. The molecule has 0 aromatic heterocycles. The molecule has 1 aromatic carbocycles. The summed E-state index contributed by atoms with van der Waals surface area (Å²) in [4.78, 5) is 12.0. The summed E-state index contributed by atoms with van der Waals surface area (Å²) in [6.07, 6.45) is 9.83. The van der Waals surface area contributed by atoms with Gasteiger partial charge in [-0.2, -0.15) is 0 Å². The van der Waals surface area contributed by atoms with Gasteiger partial charge in [-0.25, -0.2) is 0 Å². The van der Waals surface area contributed by atoms with Gasteiger partial charge in [0.25, 0.3) is 0 Å². The van der Waals surface area contributed by atoms with E-state index in [0.717, 1.165) is 12.2 Å². The Morgan fingerprint density at radius 3 is 2.67 bits per heavy atom. The van der Waals surface area contributed by atoms with Crippen LogP contribution in [0.4, 0.5) is 0 Å². The normalized spacial score (nSPS) is 22.0. The van der Waals surface area contributed by atoms with Crippen LogP contribution in [0.1, 0.15) is 32.1 Å². The van der Waals surface area contributed by atoms with E-state index in [1.807, 2.05) is 30.3 Å². The number of ether oxygens (including phenoxy) is 1. The molecule has 0 saturated heterocycles. The van der Waals surface area contributed by atoms with Crippen LogP contribution in [0.3, 0.4) is 0 Å². The van der Waals surface area contributed by atoms with E-state index in [-0.39, 0.29) is 12.4 Å². The summed E-state index contributed by atoms with van der Waals surface area (Å²) in [6.45, 7) is 0.579. The highest BCUT2D eigenvalue weighted by atomic mass is 16.5. The maximum Gasteiger partial charge on any atom is 0.184 e. The van der Waals surface area contributed by atoms with Crippen molar-refractivity contribution in [2.45, 2.75) is 43.8 Å². The number of allylic oxidation sites excluding steroid dienone is 3. The van der Waals surface area contributed by atoms with Gasteiger partial charge in [-0.1, -0.05) is 36.4 Å². The molecule has 0 radical (unpaired) electrons. The average Bonchev–Trinajstić information content (AvgIpc) is 2.95. The van der Waals surface area contributed by atoms with Crippen molar-refractivity contribution in [2.24, 2.45) is 0 Å². The predicted molar refractivity (Wildman–Crippen MR) is 104 cm³/mol. The number of hydrogen-bond acceptors (Lipinski definition) is 5. The molecule has 3 N–H and O–H groups in total. The topological polar surface area (TPSA) is 87.0 Å². The van der Waals surface area contributed by atoms with Gasteiger partial charge in [0.1, 0.15) is 11.4 Å². The van der Waals surface area contributed by atoms with Gasteiger partial charge >= 0.3 is 0 Å². The third-order valence-electron chi connectivity index (χ3n) is 4.46. The molecule has 0 heterocycles. The molecule has 2 atom stereocenters. The Balaban J connectivity index is 1.82. The van der Waals surface area contributed by atoms with Gasteiger partial charge in [0.15, 0.2) is 5.78 Å². The van der Waals surface area contributed by atoms with Crippen molar-refractivity contribution in [3.63, 3.8) is 0 Å². The fourth-order valence-corrected chi connectivity index (χ4v) is 2.93. The molecule has 146 valence electrons. The van der Waals surface area contributed by atoms with Crippen molar-refractivity contribution in [1.29, 1.82) is 0 Å². The van der Waals surface area contributed by atoms with Gasteiger partial charge in [-0.05, 0) is 56.4 Å². The molecule has 5 nitrogen and oxygen atoms in total. The minimum Gasteiger partial charge on any atom is -0.494 e. The zero-order valence-electron chi connectivity index (χ0n) is 15.5. The molecule has 0 saturated carbocycles. The van der Waals surface area contributed by atoms with E-state index in [1.165, 1.54) is 12.2 Å². The number of para-hydroxylation sites is 1. The van der Waals surface area contributed by atoms with Gasteiger partial charge in [-0.3, -0.25) is 4.79 Å². The molecule has 0 spiro atoms. The van der Waals surface area contributed by atoms with E-state index in [2.05, 4.69) is 0 Å². The molecule has 2 unspecified atom stereocenters. The van der Waals surface area contributed by atoms with Crippen LogP contribution in [-0.2, 0) is 4.79 Å². The zero-order valence-corrected chi connectivity index (χ0v) is 15.5. The van der Waals surface area contributed by atoms with Gasteiger partial charge < -0.3 is 20.1 Å². The van der Waals surface area contributed by atoms with E-state index in [9.17, 15) is 15.0 Å². The Hall–Kier alpha value is -2.21. The van der Waals surface area contributed by atoms with Crippen LogP contribution in [0.25, 0.3) is 0 Å². The first-order valence-corrected chi connectivity index (χ1v) is 9.37. The Bertz CT molecular complexity index is 677. The second kappa shape index (κ2) is 10.8. The quantitative estimate of drug-likeness (QED) is 0.411. The molecule has 0 aliphatic heterocycles. The summed E-state index contributed by atoms with van der Waals surface area (Å²) >= 11 is 0. The molecule has 1 aromatic rings. The maximum atomic E-state index is 12.0. The number of unbranched alkanes of at least 4 members (excludes halogenated alkanes) is 1. The Kier molecular flexibility index (Phi) is 8.45. The third-order valence-corrected chi connectivity index (χ3v) is 4.46. The standard InChI is InChI=1S/C22H28O5/c23-16-7-9-18(24)8-6-12-20-21(25)13-15-22(20,26)14-4-5-17-27-19-10-2-1-3-11-19/h1-3,6,8,10-13,15,18,23-24,26H,4-5,7,9,14,16-17H2. The average molecular weight is 372 g/mol. The van der Waals surface area contributed by atoms with Gasteiger partial charge in [0.2, 0.25) is 0 Å². The summed E-state index contributed by atoms with van der Waals surface area (Å²) in [5.74, 6) is 0.602. The molecule has 27 heavy (non-hydrogen) atoms. The van der Waals surface area contributed by atoms with Crippen molar-refractivity contribution < 1.29 is 24.9 Å². The molecule has 1 aliphatic carbocycles. The summed E-state index contributed by atoms with van der Waals surface area (Å²) < 4.78 is 5.64. The lowest BCUT2D eigenvalue weighted by atomic mass is 9.90. The molecule has 0 fully saturated rings. The van der Waals surface area contributed by atoms with E-state index < -0.39 is 11.7 Å². The SMILES string of the molecule is O=C1C=CC(O)(CCCCOc2ccccc2)C1=CC=CC(O)CCCO. The summed E-state index contributed by atoms with van der Waals surface area (Å²) in [7, 11) is 0. The largest absolute Gasteiger partial charge is 0.494 e. The monoisotopic (exact) mass is 372 g/mol. The zero-order chi connectivity index (χ0) is 19.5. The molecular formula is C22H28O5. The summed E-state index contributed by atoms with van der Waals surface area (Å²) in [6, 6.07) is 9.55. The van der Waals surface area contributed by atoms with Crippen LogP contribution in [0.5, 0.6) is 5.75 Å². The number of rotatable bonds is 11. The van der Waals surface area contributed by atoms with Crippen molar-refractivity contribution >= 4 is 5.78 Å². The highest BCUT2D eigenvalue weighted by Gasteiger charge is 2.36. The number of aliphatic hydroxyl groups is 3. The van der Waals surface area contributed by atoms with Crippen molar-refractivity contribution in [3.05, 3.63) is 66.3 Å². The highest BCUT2D eigenvalue weighted by Crippen LogP contribution is 2.31. The molecule has 5 heteroatoms. The van der Waals surface area contributed by atoms with Crippen LogP contribution in [-0.4, -0.2) is 46.0 Å². The first-order chi connectivity index (χ1) is 13.0. The van der Waals surface area contributed by atoms with Crippen LogP contribution in [0.15, 0.2) is 66.3 Å². The van der Waals surface area contributed by atoms with Crippen LogP contribution in [0, 0.1) is 0 Å². The minimum absolute atomic E-state index is 0.0299. The molecular weight excluding hydrogens is 344 g/mol. The Morgan fingerprint density at radius 2 is 1.93 bits per heavy atom. The smallest absolute Gasteiger partial charge is 0.184 e. The number of carbonyl (C=O) groups excluding carboxylic acids is 1. The van der Waals surface area contributed by atoms with E-state index in [0.29, 0.717) is 37.9 Å². The highest BCUT2D eigenvalue weighted by molar-refractivity contribution is 6.09. The molecule has 0 amide bonds. The van der Waals surface area contributed by atoms with Gasteiger partial charge in [-0.15, -0.1) is 0 Å². The van der Waals surface area contributed by atoms with Gasteiger partial charge in [0, 0.05) is 12.2 Å². The number of carbonyl (C=O) groups is 1. The van der Waals surface area contributed by atoms with Crippen molar-refractivity contribution in [3.8, 4) is 5.75 Å². The van der Waals surface area contributed by atoms with Crippen LogP contribution >= 0.6 is 0 Å². The lowest BCUT2D eigenvalue weighted by Crippen LogP contribution is -2.28. The molecule has 1 aliphatic rings. The molecule has 2 rings (SSSR count). The van der Waals surface area contributed by atoms with Crippen molar-refractivity contribution in [2.75, 3.05) is 13.2 Å². The van der Waals surface area contributed by atoms with Gasteiger partial charge in [0.05, 0.1) is 12.7 Å².